The second-order valence-electron chi connectivity index (χ2n) is 3.35. The van der Waals surface area contributed by atoms with Gasteiger partial charge >= 0.3 is 0 Å². The third-order valence-corrected chi connectivity index (χ3v) is 2.80. The maximum atomic E-state index is 12.7. The van der Waals surface area contributed by atoms with E-state index >= 15 is 0 Å². The summed E-state index contributed by atoms with van der Waals surface area (Å²) in [5.41, 5.74) is 0.727. The number of aliphatic hydroxyl groups is 1. The van der Waals surface area contributed by atoms with Crippen LogP contribution in [-0.4, -0.2) is 24.2 Å². The smallest absolute Gasteiger partial charge is 0.282 e. The van der Waals surface area contributed by atoms with Gasteiger partial charge in [0.1, 0.15) is 6.61 Å². The van der Waals surface area contributed by atoms with E-state index in [1.807, 2.05) is 0 Å². The number of rotatable bonds is 5. The molecule has 2 nitrogen and oxygen atoms in total. The van der Waals surface area contributed by atoms with Crippen LogP contribution in [0.1, 0.15) is 5.56 Å². The lowest BCUT2D eigenvalue weighted by Crippen LogP contribution is -2.35. The van der Waals surface area contributed by atoms with Crippen LogP contribution >= 0.6 is 27.5 Å². The quantitative estimate of drug-likeness (QED) is 0.876. The first-order chi connectivity index (χ1) is 7.44. The van der Waals surface area contributed by atoms with Gasteiger partial charge in [0.05, 0.1) is 6.54 Å². The first-order valence-electron chi connectivity index (χ1n) is 4.58. The Morgan fingerprint density at radius 3 is 2.75 bits per heavy atom. The standard InChI is InChI=1S/C10H11BrClF2NO/c11-8-1-2-9(12)7(3-8)4-15-5-10(13,14)6-16/h1-3,15-16H,4-6H2. The molecule has 0 saturated heterocycles. The van der Waals surface area contributed by atoms with Crippen LogP contribution < -0.4 is 5.32 Å². The fourth-order valence-corrected chi connectivity index (χ4v) is 1.71. The zero-order valence-electron chi connectivity index (χ0n) is 8.31. The van der Waals surface area contributed by atoms with Gasteiger partial charge in [-0.3, -0.25) is 0 Å². The number of hydrogen-bond acceptors (Lipinski definition) is 2. The van der Waals surface area contributed by atoms with E-state index in [1.165, 1.54) is 0 Å². The summed E-state index contributed by atoms with van der Waals surface area (Å²) >= 11 is 9.15. The highest BCUT2D eigenvalue weighted by atomic mass is 79.9. The zero-order valence-corrected chi connectivity index (χ0v) is 10.7. The van der Waals surface area contributed by atoms with Crippen molar-refractivity contribution >= 4 is 27.5 Å². The second-order valence-corrected chi connectivity index (χ2v) is 4.68. The first-order valence-corrected chi connectivity index (χ1v) is 5.75. The molecule has 1 aromatic rings. The highest BCUT2D eigenvalue weighted by molar-refractivity contribution is 9.10. The van der Waals surface area contributed by atoms with Crippen LogP contribution in [0.2, 0.25) is 5.02 Å². The Labute approximate surface area is 106 Å². The van der Waals surface area contributed by atoms with E-state index in [0.29, 0.717) is 5.02 Å². The Balaban J connectivity index is 2.52. The van der Waals surface area contributed by atoms with Gasteiger partial charge in [-0.15, -0.1) is 0 Å². The van der Waals surface area contributed by atoms with E-state index < -0.39 is 19.1 Å². The van der Waals surface area contributed by atoms with Crippen molar-refractivity contribution in [1.29, 1.82) is 0 Å². The summed E-state index contributed by atoms with van der Waals surface area (Å²) in [6.45, 7) is -1.51. The normalized spacial score (nSPS) is 11.8. The summed E-state index contributed by atoms with van der Waals surface area (Å²) in [6.07, 6.45) is 0. The highest BCUT2D eigenvalue weighted by Crippen LogP contribution is 2.21. The van der Waals surface area contributed by atoms with E-state index in [4.69, 9.17) is 16.7 Å². The average molecular weight is 315 g/mol. The number of aliphatic hydroxyl groups excluding tert-OH is 1. The van der Waals surface area contributed by atoms with Gasteiger partial charge in [-0.25, -0.2) is 8.78 Å². The van der Waals surface area contributed by atoms with E-state index in [1.54, 1.807) is 18.2 Å². The van der Waals surface area contributed by atoms with Crippen molar-refractivity contribution in [1.82, 2.24) is 5.32 Å². The average Bonchev–Trinajstić information content (AvgIpc) is 2.23. The van der Waals surface area contributed by atoms with Gasteiger partial charge < -0.3 is 10.4 Å². The van der Waals surface area contributed by atoms with E-state index in [0.717, 1.165) is 10.0 Å². The topological polar surface area (TPSA) is 32.3 Å². The Morgan fingerprint density at radius 1 is 1.44 bits per heavy atom. The van der Waals surface area contributed by atoms with Crippen molar-refractivity contribution in [2.24, 2.45) is 0 Å². The number of halogens is 4. The van der Waals surface area contributed by atoms with Crippen LogP contribution in [0, 0.1) is 0 Å². The van der Waals surface area contributed by atoms with Gasteiger partial charge in [-0.2, -0.15) is 0 Å². The molecule has 0 spiro atoms. The molecule has 0 amide bonds. The summed E-state index contributed by atoms with van der Waals surface area (Å²) in [5.74, 6) is -3.10. The summed E-state index contributed by atoms with van der Waals surface area (Å²) < 4.78 is 26.2. The molecule has 0 heterocycles. The fourth-order valence-electron chi connectivity index (χ4n) is 1.11. The molecule has 6 heteroatoms. The highest BCUT2D eigenvalue weighted by Gasteiger charge is 2.26. The molecule has 90 valence electrons. The molecule has 16 heavy (non-hydrogen) atoms. The number of alkyl halides is 2. The predicted molar refractivity (Wildman–Crippen MR) is 62.9 cm³/mol. The van der Waals surface area contributed by atoms with Crippen molar-refractivity contribution < 1.29 is 13.9 Å². The van der Waals surface area contributed by atoms with Crippen LogP contribution in [0.5, 0.6) is 0 Å². The summed E-state index contributed by atoms with van der Waals surface area (Å²) in [7, 11) is 0. The molecule has 0 unspecified atom stereocenters. The second kappa shape index (κ2) is 5.91. The van der Waals surface area contributed by atoms with Crippen molar-refractivity contribution in [2.75, 3.05) is 13.2 Å². The van der Waals surface area contributed by atoms with Crippen LogP contribution in [0.15, 0.2) is 22.7 Å². The molecule has 0 saturated carbocycles. The molecular weight excluding hydrogens is 303 g/mol. The van der Waals surface area contributed by atoms with Crippen molar-refractivity contribution in [3.63, 3.8) is 0 Å². The molecule has 0 aromatic heterocycles. The summed E-state index contributed by atoms with van der Waals surface area (Å²) in [4.78, 5) is 0. The maximum absolute atomic E-state index is 12.7. The lowest BCUT2D eigenvalue weighted by Gasteiger charge is -2.14. The molecule has 0 aliphatic carbocycles. The Morgan fingerprint density at radius 2 is 2.12 bits per heavy atom. The molecule has 0 aliphatic heterocycles. The SMILES string of the molecule is OCC(F)(F)CNCc1cc(Br)ccc1Cl. The number of hydrogen-bond donors (Lipinski definition) is 2. The monoisotopic (exact) mass is 313 g/mol. The van der Waals surface area contributed by atoms with E-state index in [2.05, 4.69) is 21.2 Å². The number of nitrogens with one attached hydrogen (secondary N) is 1. The van der Waals surface area contributed by atoms with Gasteiger partial charge in [-0.1, -0.05) is 27.5 Å². The van der Waals surface area contributed by atoms with Crippen molar-refractivity contribution in [3.8, 4) is 0 Å². The van der Waals surface area contributed by atoms with Crippen LogP contribution in [0.4, 0.5) is 8.78 Å². The zero-order chi connectivity index (χ0) is 12.2. The van der Waals surface area contributed by atoms with Gasteiger partial charge in [0.15, 0.2) is 0 Å². The molecule has 2 N–H and O–H groups in total. The molecule has 0 bridgehead atoms. The fraction of sp³-hybridized carbons (Fsp3) is 0.400. The van der Waals surface area contributed by atoms with Gasteiger partial charge in [0.2, 0.25) is 0 Å². The van der Waals surface area contributed by atoms with Gasteiger partial charge in [0, 0.05) is 16.0 Å². The molecule has 0 aliphatic rings. The molecule has 1 rings (SSSR count). The molecule has 1 aromatic carbocycles. The van der Waals surface area contributed by atoms with E-state index in [-0.39, 0.29) is 6.54 Å². The molecular formula is C10H11BrClF2NO. The van der Waals surface area contributed by atoms with E-state index in [9.17, 15) is 8.78 Å². The summed E-state index contributed by atoms with van der Waals surface area (Å²) in [6, 6.07) is 5.22. The maximum Gasteiger partial charge on any atom is 0.282 e. The van der Waals surface area contributed by atoms with Crippen molar-refractivity contribution in [3.05, 3.63) is 33.3 Å². The number of benzene rings is 1. The van der Waals surface area contributed by atoms with Gasteiger partial charge in [-0.05, 0) is 23.8 Å². The Bertz CT molecular complexity index is 363. The van der Waals surface area contributed by atoms with Gasteiger partial charge in [0.25, 0.3) is 5.92 Å². The van der Waals surface area contributed by atoms with Crippen LogP contribution in [0.3, 0.4) is 0 Å². The largest absolute Gasteiger partial charge is 0.390 e. The Hall–Kier alpha value is -0.230. The lowest BCUT2D eigenvalue weighted by atomic mass is 10.2. The molecule has 0 atom stereocenters. The Kier molecular flexibility index (Phi) is 5.11. The molecule has 0 radical (unpaired) electrons. The van der Waals surface area contributed by atoms with Crippen molar-refractivity contribution in [2.45, 2.75) is 12.5 Å². The summed E-state index contributed by atoms with van der Waals surface area (Å²) in [5, 5.41) is 11.4. The minimum Gasteiger partial charge on any atom is -0.390 e. The first kappa shape index (κ1) is 13.8. The predicted octanol–water partition coefficient (Wildman–Crippen LogP) is 2.82. The van der Waals surface area contributed by atoms with Crippen LogP contribution in [-0.2, 0) is 6.54 Å². The molecule has 0 fully saturated rings. The third-order valence-electron chi connectivity index (χ3n) is 1.94. The minimum absolute atomic E-state index is 0.230. The minimum atomic E-state index is -3.10. The third kappa shape index (κ3) is 4.33. The van der Waals surface area contributed by atoms with Crippen LogP contribution in [0.25, 0.3) is 0 Å². The lowest BCUT2D eigenvalue weighted by molar-refractivity contribution is -0.0477.